The zero-order valence-corrected chi connectivity index (χ0v) is 9.53. The highest BCUT2D eigenvalue weighted by molar-refractivity contribution is 5.93. The second-order valence-electron chi connectivity index (χ2n) is 3.62. The Balaban J connectivity index is 1.96. The minimum absolute atomic E-state index is 0.0701. The Morgan fingerprint density at radius 1 is 1.35 bits per heavy atom. The van der Waals surface area contributed by atoms with E-state index in [1.165, 1.54) is 0 Å². The summed E-state index contributed by atoms with van der Waals surface area (Å²) < 4.78 is 0. The van der Waals surface area contributed by atoms with E-state index in [0.717, 1.165) is 11.3 Å². The van der Waals surface area contributed by atoms with E-state index in [-0.39, 0.29) is 5.91 Å². The van der Waals surface area contributed by atoms with Gasteiger partial charge in [-0.1, -0.05) is 12.1 Å². The lowest BCUT2D eigenvalue weighted by Crippen LogP contribution is -2.17. The van der Waals surface area contributed by atoms with Crippen LogP contribution in [0.1, 0.15) is 15.9 Å². The first-order valence-corrected chi connectivity index (χ1v) is 5.33. The number of nitrogens with zero attached hydrogens (tertiary/aromatic N) is 1. The Kier molecular flexibility index (Phi) is 3.40. The topological polar surface area (TPSA) is 69.8 Å². The Morgan fingerprint density at radius 3 is 2.71 bits per heavy atom. The lowest BCUT2D eigenvalue weighted by Gasteiger charge is -2.04. The summed E-state index contributed by atoms with van der Waals surface area (Å²) in [6.45, 7) is 0.702. The minimum atomic E-state index is -0.0701. The fraction of sp³-hybridized carbons (Fsp3) is 0.167. The smallest absolute Gasteiger partial charge is 0.251 e. The van der Waals surface area contributed by atoms with Crippen LogP contribution in [0.25, 0.3) is 0 Å². The second kappa shape index (κ2) is 5.16. The minimum Gasteiger partial charge on any atom is -0.378 e. The molecular weight excluding hydrogens is 216 g/mol. The number of amides is 1. The molecule has 1 heterocycles. The number of aromatic amines is 1. The van der Waals surface area contributed by atoms with Crippen molar-refractivity contribution in [1.82, 2.24) is 15.5 Å². The normalized spacial score (nSPS) is 9.94. The summed E-state index contributed by atoms with van der Waals surface area (Å²) in [5.74, 6) is -0.0701. The number of hydrogen-bond donors (Lipinski definition) is 3. The fourth-order valence-corrected chi connectivity index (χ4v) is 1.47. The molecule has 0 atom stereocenters. The number of nitrogens with one attached hydrogen (secondary N) is 3. The highest BCUT2D eigenvalue weighted by Crippen LogP contribution is 2.08. The molecule has 0 aliphatic carbocycles. The molecule has 2 aromatic rings. The van der Waals surface area contributed by atoms with Gasteiger partial charge in [0.2, 0.25) is 0 Å². The SMILES string of the molecule is CNC(=O)c1ccc(CNc2cn[nH]c2)cc1. The van der Waals surface area contributed by atoms with E-state index in [2.05, 4.69) is 20.8 Å². The molecule has 3 N–H and O–H groups in total. The molecule has 2 rings (SSSR count). The number of aromatic nitrogens is 2. The van der Waals surface area contributed by atoms with Gasteiger partial charge in [0.1, 0.15) is 0 Å². The number of anilines is 1. The number of carbonyl (C=O) groups is 1. The third kappa shape index (κ3) is 2.84. The Morgan fingerprint density at radius 2 is 2.12 bits per heavy atom. The van der Waals surface area contributed by atoms with Crippen molar-refractivity contribution >= 4 is 11.6 Å². The monoisotopic (exact) mass is 230 g/mol. The molecule has 0 aliphatic rings. The van der Waals surface area contributed by atoms with Crippen molar-refractivity contribution in [2.24, 2.45) is 0 Å². The van der Waals surface area contributed by atoms with Gasteiger partial charge in [0.05, 0.1) is 11.9 Å². The molecule has 88 valence electrons. The van der Waals surface area contributed by atoms with Gasteiger partial charge in [0.15, 0.2) is 0 Å². The van der Waals surface area contributed by atoms with Crippen LogP contribution >= 0.6 is 0 Å². The van der Waals surface area contributed by atoms with Gasteiger partial charge in [-0.2, -0.15) is 5.10 Å². The van der Waals surface area contributed by atoms with Gasteiger partial charge in [-0.05, 0) is 17.7 Å². The van der Waals surface area contributed by atoms with Crippen LogP contribution in [0.15, 0.2) is 36.7 Å². The first-order chi connectivity index (χ1) is 8.29. The van der Waals surface area contributed by atoms with Crippen LogP contribution < -0.4 is 10.6 Å². The maximum atomic E-state index is 11.3. The zero-order chi connectivity index (χ0) is 12.1. The number of carbonyl (C=O) groups excluding carboxylic acids is 1. The molecule has 0 fully saturated rings. The van der Waals surface area contributed by atoms with Crippen LogP contribution in [-0.2, 0) is 6.54 Å². The lowest BCUT2D eigenvalue weighted by molar-refractivity contribution is 0.0963. The fourth-order valence-electron chi connectivity index (χ4n) is 1.47. The first kappa shape index (κ1) is 11.2. The van der Waals surface area contributed by atoms with E-state index < -0.39 is 0 Å². The molecule has 1 aromatic carbocycles. The summed E-state index contributed by atoms with van der Waals surface area (Å²) in [6, 6.07) is 7.48. The van der Waals surface area contributed by atoms with Crippen molar-refractivity contribution in [3.8, 4) is 0 Å². The van der Waals surface area contributed by atoms with Crippen molar-refractivity contribution in [2.75, 3.05) is 12.4 Å². The van der Waals surface area contributed by atoms with Gasteiger partial charge >= 0.3 is 0 Å². The van der Waals surface area contributed by atoms with Crippen molar-refractivity contribution < 1.29 is 4.79 Å². The summed E-state index contributed by atoms with van der Waals surface area (Å²) in [6.07, 6.45) is 3.51. The third-order valence-corrected chi connectivity index (χ3v) is 2.44. The summed E-state index contributed by atoms with van der Waals surface area (Å²) in [4.78, 5) is 11.3. The van der Waals surface area contributed by atoms with E-state index >= 15 is 0 Å². The number of H-pyrrole nitrogens is 1. The van der Waals surface area contributed by atoms with Crippen LogP contribution in [0.3, 0.4) is 0 Å². The molecule has 0 bridgehead atoms. The third-order valence-electron chi connectivity index (χ3n) is 2.44. The van der Waals surface area contributed by atoms with Crippen LogP contribution in [-0.4, -0.2) is 23.2 Å². The van der Waals surface area contributed by atoms with E-state index in [1.54, 1.807) is 19.4 Å². The lowest BCUT2D eigenvalue weighted by atomic mass is 10.1. The Bertz CT molecular complexity index is 476. The summed E-state index contributed by atoms with van der Waals surface area (Å²) in [5.41, 5.74) is 2.72. The number of benzene rings is 1. The zero-order valence-electron chi connectivity index (χ0n) is 9.53. The quantitative estimate of drug-likeness (QED) is 0.743. The standard InChI is InChI=1S/C12H14N4O/c1-13-12(17)10-4-2-9(3-5-10)6-14-11-7-15-16-8-11/h2-5,7-8,14H,6H2,1H3,(H,13,17)(H,15,16). The van der Waals surface area contributed by atoms with Gasteiger partial charge in [0, 0.05) is 25.4 Å². The highest BCUT2D eigenvalue weighted by atomic mass is 16.1. The molecule has 0 saturated carbocycles. The number of rotatable bonds is 4. The Hall–Kier alpha value is -2.30. The predicted molar refractivity (Wildman–Crippen MR) is 65.7 cm³/mol. The molecule has 1 amide bonds. The summed E-state index contributed by atoms with van der Waals surface area (Å²) in [7, 11) is 1.62. The van der Waals surface area contributed by atoms with Crippen LogP contribution in [0.5, 0.6) is 0 Å². The molecule has 1 aromatic heterocycles. The largest absolute Gasteiger partial charge is 0.378 e. The molecule has 17 heavy (non-hydrogen) atoms. The van der Waals surface area contributed by atoms with E-state index in [0.29, 0.717) is 12.1 Å². The van der Waals surface area contributed by atoms with E-state index in [9.17, 15) is 4.79 Å². The summed E-state index contributed by atoms with van der Waals surface area (Å²) in [5, 5.41) is 12.4. The van der Waals surface area contributed by atoms with Crippen molar-refractivity contribution in [3.05, 3.63) is 47.8 Å². The first-order valence-electron chi connectivity index (χ1n) is 5.33. The molecule has 5 nitrogen and oxygen atoms in total. The molecule has 0 spiro atoms. The van der Waals surface area contributed by atoms with Crippen molar-refractivity contribution in [1.29, 1.82) is 0 Å². The van der Waals surface area contributed by atoms with E-state index in [4.69, 9.17) is 0 Å². The second-order valence-corrected chi connectivity index (χ2v) is 3.62. The molecule has 5 heteroatoms. The molecule has 0 saturated heterocycles. The van der Waals surface area contributed by atoms with Crippen LogP contribution in [0, 0.1) is 0 Å². The van der Waals surface area contributed by atoms with Crippen molar-refractivity contribution in [3.63, 3.8) is 0 Å². The van der Waals surface area contributed by atoms with Gasteiger partial charge in [-0.25, -0.2) is 0 Å². The average molecular weight is 230 g/mol. The highest BCUT2D eigenvalue weighted by Gasteiger charge is 2.02. The molecule has 0 radical (unpaired) electrons. The molecular formula is C12H14N4O. The van der Waals surface area contributed by atoms with Gasteiger partial charge in [-0.3, -0.25) is 9.89 Å². The maximum absolute atomic E-state index is 11.3. The molecule has 0 aliphatic heterocycles. The van der Waals surface area contributed by atoms with Crippen LogP contribution in [0.2, 0.25) is 0 Å². The van der Waals surface area contributed by atoms with Crippen molar-refractivity contribution in [2.45, 2.75) is 6.54 Å². The maximum Gasteiger partial charge on any atom is 0.251 e. The van der Waals surface area contributed by atoms with Gasteiger partial charge < -0.3 is 10.6 Å². The predicted octanol–water partition coefficient (Wildman–Crippen LogP) is 1.38. The van der Waals surface area contributed by atoms with Gasteiger partial charge in [0.25, 0.3) is 5.91 Å². The van der Waals surface area contributed by atoms with E-state index in [1.807, 2.05) is 24.3 Å². The average Bonchev–Trinajstić information content (AvgIpc) is 2.89. The molecule has 0 unspecified atom stereocenters. The van der Waals surface area contributed by atoms with Gasteiger partial charge in [-0.15, -0.1) is 0 Å². The number of hydrogen-bond acceptors (Lipinski definition) is 3. The van der Waals surface area contributed by atoms with Crippen LogP contribution in [0.4, 0.5) is 5.69 Å². The Labute approximate surface area is 99.2 Å². The summed E-state index contributed by atoms with van der Waals surface area (Å²) >= 11 is 0.